The number of nitrogens with zero attached hydrogens (tertiary/aromatic N) is 2. The van der Waals surface area contributed by atoms with E-state index in [2.05, 4.69) is 36.2 Å². The molecule has 2 atom stereocenters. The zero-order valence-corrected chi connectivity index (χ0v) is 14.3. The fourth-order valence-corrected chi connectivity index (χ4v) is 3.49. The minimum atomic E-state index is 0.0133. The number of hydrogen-bond donors (Lipinski definition) is 0. The predicted octanol–water partition coefficient (Wildman–Crippen LogP) is 3.11. The highest BCUT2D eigenvalue weighted by atomic mass is 16.5. The molecule has 3 rings (SSSR count). The summed E-state index contributed by atoms with van der Waals surface area (Å²) in [4.78, 5) is 18.8. The van der Waals surface area contributed by atoms with Crippen LogP contribution in [0, 0.1) is 12.8 Å². The van der Waals surface area contributed by atoms with Gasteiger partial charge in [-0.05, 0) is 37.5 Å². The molecule has 1 aromatic heterocycles. The van der Waals surface area contributed by atoms with Crippen molar-refractivity contribution in [3.8, 4) is 0 Å². The largest absolute Gasteiger partial charge is 0.381 e. The van der Waals surface area contributed by atoms with E-state index in [1.807, 2.05) is 17.0 Å². The molecular formula is C20H24N2O2. The Morgan fingerprint density at radius 3 is 2.88 bits per heavy atom. The van der Waals surface area contributed by atoms with Crippen molar-refractivity contribution >= 4 is 5.91 Å². The third-order valence-corrected chi connectivity index (χ3v) is 4.72. The van der Waals surface area contributed by atoms with Crippen molar-refractivity contribution in [2.75, 3.05) is 20.2 Å². The smallest absolute Gasteiger partial charge is 0.272 e. The molecule has 4 heteroatoms. The van der Waals surface area contributed by atoms with Crippen molar-refractivity contribution in [1.29, 1.82) is 0 Å². The number of amides is 1. The molecule has 2 aromatic rings. The van der Waals surface area contributed by atoms with Crippen LogP contribution in [0.5, 0.6) is 0 Å². The number of ether oxygens (including phenoxy) is 1. The number of methoxy groups -OCH3 is 1. The maximum Gasteiger partial charge on any atom is 0.272 e. The number of aryl methyl sites for hydroxylation is 1. The van der Waals surface area contributed by atoms with Crippen molar-refractivity contribution in [2.24, 2.45) is 5.92 Å². The molecule has 0 radical (unpaired) electrons. The molecule has 24 heavy (non-hydrogen) atoms. The summed E-state index contributed by atoms with van der Waals surface area (Å²) in [5, 5.41) is 0. The topological polar surface area (TPSA) is 42.4 Å². The Balaban J connectivity index is 1.73. The van der Waals surface area contributed by atoms with E-state index in [9.17, 15) is 4.79 Å². The molecule has 1 fully saturated rings. The van der Waals surface area contributed by atoms with E-state index in [-0.39, 0.29) is 12.0 Å². The summed E-state index contributed by atoms with van der Waals surface area (Å²) in [5.41, 5.74) is 3.08. The van der Waals surface area contributed by atoms with E-state index in [1.165, 1.54) is 11.1 Å². The Morgan fingerprint density at radius 2 is 2.17 bits per heavy atom. The van der Waals surface area contributed by atoms with E-state index >= 15 is 0 Å². The molecule has 126 valence electrons. The van der Waals surface area contributed by atoms with Gasteiger partial charge in [0.15, 0.2) is 0 Å². The zero-order valence-electron chi connectivity index (χ0n) is 14.3. The highest BCUT2D eigenvalue weighted by Crippen LogP contribution is 2.25. The van der Waals surface area contributed by atoms with Gasteiger partial charge in [0, 0.05) is 32.3 Å². The first-order chi connectivity index (χ1) is 11.7. The summed E-state index contributed by atoms with van der Waals surface area (Å²) < 4.78 is 5.69. The second kappa shape index (κ2) is 7.58. The number of pyridine rings is 1. The minimum Gasteiger partial charge on any atom is -0.381 e. The molecule has 0 N–H and O–H groups in total. The quantitative estimate of drug-likeness (QED) is 0.868. The van der Waals surface area contributed by atoms with Crippen LogP contribution in [0.4, 0.5) is 0 Å². The van der Waals surface area contributed by atoms with Crippen LogP contribution in [0.25, 0.3) is 0 Å². The molecule has 1 saturated heterocycles. The lowest BCUT2D eigenvalue weighted by Crippen LogP contribution is -2.47. The third kappa shape index (κ3) is 3.82. The van der Waals surface area contributed by atoms with Crippen LogP contribution in [0.15, 0.2) is 48.7 Å². The molecule has 0 aliphatic carbocycles. The molecule has 0 bridgehead atoms. The van der Waals surface area contributed by atoms with Gasteiger partial charge in [-0.25, -0.2) is 0 Å². The van der Waals surface area contributed by atoms with Gasteiger partial charge in [-0.2, -0.15) is 0 Å². The number of carbonyl (C=O) groups excluding carboxylic acids is 1. The predicted molar refractivity (Wildman–Crippen MR) is 93.9 cm³/mol. The fraction of sp³-hybridized carbons (Fsp3) is 0.400. The number of aromatic nitrogens is 1. The molecule has 4 nitrogen and oxygen atoms in total. The normalized spacial score (nSPS) is 20.8. The van der Waals surface area contributed by atoms with Crippen molar-refractivity contribution in [3.63, 3.8) is 0 Å². The summed E-state index contributed by atoms with van der Waals surface area (Å²) >= 11 is 0. The maximum absolute atomic E-state index is 12.7. The van der Waals surface area contributed by atoms with Gasteiger partial charge >= 0.3 is 0 Å². The van der Waals surface area contributed by atoms with E-state index in [0.29, 0.717) is 18.2 Å². The standard InChI is InChI=1S/C20H24N2O2/c1-15-6-5-7-16(12-15)13-17-14-22(11-9-19(17)24-2)20(23)18-8-3-4-10-21-18/h3-8,10,12,17,19H,9,11,13-14H2,1-2H3/t17-,19-/m1/s1. The Hall–Kier alpha value is -2.20. The number of hydrogen-bond acceptors (Lipinski definition) is 3. The monoisotopic (exact) mass is 324 g/mol. The Kier molecular flexibility index (Phi) is 5.26. The number of piperidine rings is 1. The van der Waals surface area contributed by atoms with Crippen LogP contribution in [0.3, 0.4) is 0 Å². The van der Waals surface area contributed by atoms with Crippen molar-refractivity contribution in [3.05, 3.63) is 65.5 Å². The van der Waals surface area contributed by atoms with E-state index in [1.54, 1.807) is 19.4 Å². The van der Waals surface area contributed by atoms with Gasteiger partial charge in [0.2, 0.25) is 0 Å². The van der Waals surface area contributed by atoms with E-state index < -0.39 is 0 Å². The average molecular weight is 324 g/mol. The molecule has 1 aliphatic rings. The van der Waals surface area contributed by atoms with Crippen LogP contribution < -0.4 is 0 Å². The minimum absolute atomic E-state index is 0.0133. The Labute approximate surface area is 143 Å². The van der Waals surface area contributed by atoms with Crippen LogP contribution in [0.1, 0.15) is 28.0 Å². The molecule has 0 saturated carbocycles. The first kappa shape index (κ1) is 16.7. The lowest BCUT2D eigenvalue weighted by molar-refractivity contribution is -0.00317. The molecule has 1 aromatic carbocycles. The van der Waals surface area contributed by atoms with Crippen molar-refractivity contribution in [2.45, 2.75) is 25.9 Å². The number of rotatable bonds is 4. The van der Waals surface area contributed by atoms with Gasteiger partial charge in [-0.3, -0.25) is 9.78 Å². The van der Waals surface area contributed by atoms with Gasteiger partial charge in [0.05, 0.1) is 6.10 Å². The van der Waals surface area contributed by atoms with E-state index in [0.717, 1.165) is 19.4 Å². The van der Waals surface area contributed by atoms with Gasteiger partial charge in [-0.15, -0.1) is 0 Å². The second-order valence-corrected chi connectivity index (χ2v) is 6.48. The molecule has 2 heterocycles. The highest BCUT2D eigenvalue weighted by molar-refractivity contribution is 5.92. The van der Waals surface area contributed by atoms with Gasteiger partial charge in [0.25, 0.3) is 5.91 Å². The fourth-order valence-electron chi connectivity index (χ4n) is 3.49. The van der Waals surface area contributed by atoms with Gasteiger partial charge in [0.1, 0.15) is 5.69 Å². The Bertz CT molecular complexity index is 687. The summed E-state index contributed by atoms with van der Waals surface area (Å²) in [6.45, 7) is 3.54. The zero-order chi connectivity index (χ0) is 16.9. The van der Waals surface area contributed by atoms with Gasteiger partial charge < -0.3 is 9.64 Å². The summed E-state index contributed by atoms with van der Waals surface area (Å²) in [5.74, 6) is 0.317. The molecule has 1 aliphatic heterocycles. The molecule has 0 unspecified atom stereocenters. The SMILES string of the molecule is CO[C@@H]1CCN(C(=O)c2ccccn2)C[C@H]1Cc1cccc(C)c1. The highest BCUT2D eigenvalue weighted by Gasteiger charge is 2.32. The summed E-state index contributed by atoms with van der Waals surface area (Å²) in [6.07, 6.45) is 3.65. The lowest BCUT2D eigenvalue weighted by Gasteiger charge is -2.38. The van der Waals surface area contributed by atoms with E-state index in [4.69, 9.17) is 4.74 Å². The van der Waals surface area contributed by atoms with Crippen molar-refractivity contribution in [1.82, 2.24) is 9.88 Å². The lowest BCUT2D eigenvalue weighted by atomic mass is 9.88. The van der Waals surface area contributed by atoms with Crippen LogP contribution >= 0.6 is 0 Å². The Morgan fingerprint density at radius 1 is 1.29 bits per heavy atom. The van der Waals surface area contributed by atoms with Crippen LogP contribution in [-0.2, 0) is 11.2 Å². The maximum atomic E-state index is 12.7. The molecule has 1 amide bonds. The summed E-state index contributed by atoms with van der Waals surface area (Å²) in [7, 11) is 1.77. The van der Waals surface area contributed by atoms with Crippen molar-refractivity contribution < 1.29 is 9.53 Å². The average Bonchev–Trinajstić information content (AvgIpc) is 2.62. The van der Waals surface area contributed by atoms with Crippen LogP contribution in [0.2, 0.25) is 0 Å². The third-order valence-electron chi connectivity index (χ3n) is 4.72. The first-order valence-electron chi connectivity index (χ1n) is 8.46. The van der Waals surface area contributed by atoms with Crippen LogP contribution in [-0.4, -0.2) is 42.1 Å². The van der Waals surface area contributed by atoms with Gasteiger partial charge in [-0.1, -0.05) is 35.9 Å². The number of benzene rings is 1. The second-order valence-electron chi connectivity index (χ2n) is 6.48. The molecular weight excluding hydrogens is 300 g/mol. The first-order valence-corrected chi connectivity index (χ1v) is 8.46. The number of carbonyl (C=O) groups is 1. The number of likely N-dealkylation sites (tertiary alicyclic amines) is 1. The molecule has 0 spiro atoms. The summed E-state index contributed by atoms with van der Waals surface area (Å²) in [6, 6.07) is 14.0.